The highest BCUT2D eigenvalue weighted by atomic mass is 79.9. The maximum atomic E-state index is 13.0. The molecular formula is C26H22Br2N4O4. The van der Waals surface area contributed by atoms with E-state index in [4.69, 9.17) is 9.47 Å². The Morgan fingerprint density at radius 3 is 2.56 bits per heavy atom. The lowest BCUT2D eigenvalue weighted by Crippen LogP contribution is -2.21. The van der Waals surface area contributed by atoms with Crippen LogP contribution in [0, 0.1) is 13.8 Å². The van der Waals surface area contributed by atoms with Crippen LogP contribution in [-0.2, 0) is 4.79 Å². The number of nitrogens with zero attached hydrogens (tertiary/aromatic N) is 3. The lowest BCUT2D eigenvalue weighted by Gasteiger charge is -2.13. The predicted octanol–water partition coefficient (Wildman–Crippen LogP) is 5.45. The van der Waals surface area contributed by atoms with Gasteiger partial charge in [-0.25, -0.2) is 4.98 Å². The number of hydrogen-bond acceptors (Lipinski definition) is 6. The first kappa shape index (κ1) is 25.6. The summed E-state index contributed by atoms with van der Waals surface area (Å²) in [5, 5.41) is 7.60. The number of benzene rings is 3. The average Bonchev–Trinajstić information content (AvgIpc) is 2.85. The zero-order valence-electron chi connectivity index (χ0n) is 19.7. The molecule has 4 rings (SSSR count). The lowest BCUT2D eigenvalue weighted by atomic mass is 10.2. The first-order chi connectivity index (χ1) is 17.2. The van der Waals surface area contributed by atoms with Gasteiger partial charge in [-0.3, -0.25) is 9.59 Å². The number of nitrogens with one attached hydrogen (secondary N) is 1. The summed E-state index contributed by atoms with van der Waals surface area (Å²) in [5.74, 6) is 0.945. The largest absolute Gasteiger partial charge is 0.493 e. The van der Waals surface area contributed by atoms with Crippen molar-refractivity contribution in [1.29, 1.82) is 0 Å². The Labute approximate surface area is 224 Å². The summed E-state index contributed by atoms with van der Waals surface area (Å²) in [6, 6.07) is 16.2. The van der Waals surface area contributed by atoms with E-state index in [9.17, 15) is 9.59 Å². The SMILES string of the molecule is COc1cc(C=Nn2c(C)nc3ccc(Br)cc3c2=O)c(Br)cc1OCC(=O)Nc1ccc(C)cc1. The molecule has 10 heteroatoms. The normalized spacial score (nSPS) is 11.1. The number of anilines is 1. The molecule has 0 unspecified atom stereocenters. The van der Waals surface area contributed by atoms with Crippen LogP contribution in [0.2, 0.25) is 0 Å². The maximum absolute atomic E-state index is 13.0. The van der Waals surface area contributed by atoms with Crippen LogP contribution in [0.5, 0.6) is 11.5 Å². The molecule has 1 N–H and O–H groups in total. The van der Waals surface area contributed by atoms with E-state index in [-0.39, 0.29) is 18.1 Å². The molecular weight excluding hydrogens is 592 g/mol. The molecule has 0 saturated heterocycles. The third kappa shape index (κ3) is 5.83. The van der Waals surface area contributed by atoms with Crippen LogP contribution < -0.4 is 20.3 Å². The molecule has 1 amide bonds. The van der Waals surface area contributed by atoms with Crippen molar-refractivity contribution in [3.63, 3.8) is 0 Å². The van der Waals surface area contributed by atoms with Gasteiger partial charge in [0.15, 0.2) is 18.1 Å². The fraction of sp³-hybridized carbons (Fsp3) is 0.154. The fourth-order valence-electron chi connectivity index (χ4n) is 3.42. The quantitative estimate of drug-likeness (QED) is 0.280. The molecule has 184 valence electrons. The van der Waals surface area contributed by atoms with Crippen LogP contribution in [0.4, 0.5) is 5.69 Å². The number of halogens is 2. The molecule has 0 aliphatic rings. The third-order valence-electron chi connectivity index (χ3n) is 5.26. The van der Waals surface area contributed by atoms with E-state index in [2.05, 4.69) is 47.3 Å². The smallest absolute Gasteiger partial charge is 0.282 e. The topological polar surface area (TPSA) is 94.8 Å². The molecule has 8 nitrogen and oxygen atoms in total. The number of ether oxygens (including phenoxy) is 2. The van der Waals surface area contributed by atoms with E-state index in [0.717, 1.165) is 10.0 Å². The monoisotopic (exact) mass is 612 g/mol. The van der Waals surface area contributed by atoms with Crippen LogP contribution in [0.25, 0.3) is 10.9 Å². The van der Waals surface area contributed by atoms with Gasteiger partial charge in [0.2, 0.25) is 0 Å². The Bertz CT molecular complexity index is 1530. The van der Waals surface area contributed by atoms with Crippen molar-refractivity contribution in [2.24, 2.45) is 5.10 Å². The van der Waals surface area contributed by atoms with Crippen LogP contribution >= 0.6 is 31.9 Å². The van der Waals surface area contributed by atoms with E-state index in [0.29, 0.717) is 43.9 Å². The second-order valence-corrected chi connectivity index (χ2v) is 9.68. The minimum atomic E-state index is -0.298. The van der Waals surface area contributed by atoms with Gasteiger partial charge in [-0.05, 0) is 72.2 Å². The highest BCUT2D eigenvalue weighted by Crippen LogP contribution is 2.33. The highest BCUT2D eigenvalue weighted by molar-refractivity contribution is 9.10. The van der Waals surface area contributed by atoms with Crippen LogP contribution in [-0.4, -0.2) is 35.5 Å². The molecule has 1 heterocycles. The van der Waals surface area contributed by atoms with Crippen molar-refractivity contribution < 1.29 is 14.3 Å². The summed E-state index contributed by atoms with van der Waals surface area (Å²) >= 11 is 6.89. The van der Waals surface area contributed by atoms with Gasteiger partial charge in [-0.2, -0.15) is 9.78 Å². The maximum Gasteiger partial charge on any atom is 0.282 e. The molecule has 0 bridgehead atoms. The fourth-order valence-corrected chi connectivity index (χ4v) is 4.20. The zero-order valence-corrected chi connectivity index (χ0v) is 22.9. The van der Waals surface area contributed by atoms with Crippen molar-refractivity contribution in [3.05, 3.63) is 90.8 Å². The van der Waals surface area contributed by atoms with Gasteiger partial charge in [-0.1, -0.05) is 33.6 Å². The molecule has 1 aromatic heterocycles. The zero-order chi connectivity index (χ0) is 25.8. The van der Waals surface area contributed by atoms with Gasteiger partial charge in [-0.15, -0.1) is 0 Å². The molecule has 0 fully saturated rings. The first-order valence-electron chi connectivity index (χ1n) is 10.9. The molecule has 0 aliphatic heterocycles. The molecule has 36 heavy (non-hydrogen) atoms. The van der Waals surface area contributed by atoms with Crippen molar-refractivity contribution >= 4 is 60.6 Å². The van der Waals surface area contributed by atoms with E-state index in [1.165, 1.54) is 18.0 Å². The predicted molar refractivity (Wildman–Crippen MR) is 147 cm³/mol. The van der Waals surface area contributed by atoms with E-state index in [1.54, 1.807) is 31.2 Å². The van der Waals surface area contributed by atoms with Crippen molar-refractivity contribution in [2.45, 2.75) is 13.8 Å². The third-order valence-corrected chi connectivity index (χ3v) is 6.44. The minimum Gasteiger partial charge on any atom is -0.493 e. The number of aromatic nitrogens is 2. The summed E-state index contributed by atoms with van der Waals surface area (Å²) in [7, 11) is 1.50. The second-order valence-electron chi connectivity index (χ2n) is 7.91. The molecule has 0 radical (unpaired) electrons. The Morgan fingerprint density at radius 2 is 1.83 bits per heavy atom. The molecule has 0 spiro atoms. The highest BCUT2D eigenvalue weighted by Gasteiger charge is 2.13. The first-order valence-corrected chi connectivity index (χ1v) is 12.4. The average molecular weight is 614 g/mol. The van der Waals surface area contributed by atoms with Crippen LogP contribution in [0.15, 0.2) is 73.4 Å². The molecule has 4 aromatic rings. The summed E-state index contributed by atoms with van der Waals surface area (Å²) < 4.78 is 13.8. The van der Waals surface area contributed by atoms with Gasteiger partial charge in [0.05, 0.1) is 24.2 Å². The van der Waals surface area contributed by atoms with Crippen molar-refractivity contribution in [1.82, 2.24) is 9.66 Å². The van der Waals surface area contributed by atoms with Crippen molar-refractivity contribution in [2.75, 3.05) is 19.0 Å². The van der Waals surface area contributed by atoms with Crippen molar-refractivity contribution in [3.8, 4) is 11.5 Å². The summed E-state index contributed by atoms with van der Waals surface area (Å²) in [5.41, 5.74) is 2.76. The Kier molecular flexibility index (Phi) is 7.85. The van der Waals surface area contributed by atoms with E-state index >= 15 is 0 Å². The second kappa shape index (κ2) is 11.0. The number of amides is 1. The molecule has 0 saturated carbocycles. The number of carbonyl (C=O) groups is 1. The van der Waals surface area contributed by atoms with Gasteiger partial charge in [0, 0.05) is 20.2 Å². The lowest BCUT2D eigenvalue weighted by molar-refractivity contribution is -0.118. The standard InChI is InChI=1S/C26H22Br2N4O4/c1-15-4-7-19(8-5-15)31-25(33)14-36-24-12-21(28)17(10-23(24)35-3)13-29-32-16(2)30-22-9-6-18(27)11-20(22)26(32)34/h4-13H,14H2,1-3H3,(H,31,33). The van der Waals surface area contributed by atoms with Crippen LogP contribution in [0.1, 0.15) is 17.0 Å². The van der Waals surface area contributed by atoms with Gasteiger partial charge < -0.3 is 14.8 Å². The van der Waals surface area contributed by atoms with Gasteiger partial charge in [0.1, 0.15) is 5.82 Å². The summed E-state index contributed by atoms with van der Waals surface area (Å²) in [6.07, 6.45) is 1.53. The number of fused-ring (bicyclic) bond motifs is 1. The Morgan fingerprint density at radius 1 is 1.08 bits per heavy atom. The number of aryl methyl sites for hydroxylation is 2. The number of carbonyl (C=O) groups excluding carboxylic acids is 1. The minimum absolute atomic E-state index is 0.197. The van der Waals surface area contributed by atoms with Crippen LogP contribution in [0.3, 0.4) is 0 Å². The molecule has 3 aromatic carbocycles. The van der Waals surface area contributed by atoms with Gasteiger partial charge >= 0.3 is 0 Å². The molecule has 0 atom stereocenters. The number of rotatable bonds is 7. The number of methoxy groups -OCH3 is 1. The summed E-state index contributed by atoms with van der Waals surface area (Å²) in [4.78, 5) is 29.8. The molecule has 0 aliphatic carbocycles. The summed E-state index contributed by atoms with van der Waals surface area (Å²) in [6.45, 7) is 3.50. The Hall–Kier alpha value is -3.50. The van der Waals surface area contributed by atoms with E-state index < -0.39 is 0 Å². The van der Waals surface area contributed by atoms with Gasteiger partial charge in [0.25, 0.3) is 11.5 Å². The van der Waals surface area contributed by atoms with E-state index in [1.807, 2.05) is 37.3 Å². The Balaban J connectivity index is 1.54. The number of hydrogen-bond donors (Lipinski definition) is 1.